The number of halogens is 1. The molecule has 2 rings (SSSR count). The van der Waals surface area contributed by atoms with E-state index in [-0.39, 0.29) is 6.04 Å². The van der Waals surface area contributed by atoms with Crippen molar-refractivity contribution in [3.8, 4) is 5.75 Å². The lowest BCUT2D eigenvalue weighted by Crippen LogP contribution is -2.14. The zero-order valence-electron chi connectivity index (χ0n) is 9.43. The third-order valence-corrected chi connectivity index (χ3v) is 3.23. The molecule has 88 valence electrons. The fourth-order valence-electron chi connectivity index (χ4n) is 1.60. The molecule has 0 aliphatic rings. The Hall–Kier alpha value is -1.39. The molecule has 0 spiro atoms. The lowest BCUT2D eigenvalue weighted by Gasteiger charge is -2.13. The molecule has 0 aliphatic carbocycles. The van der Waals surface area contributed by atoms with E-state index in [0.29, 0.717) is 0 Å². The average molecular weight is 293 g/mol. The van der Waals surface area contributed by atoms with Crippen LogP contribution in [0.5, 0.6) is 5.75 Å². The molecule has 1 heterocycles. The van der Waals surface area contributed by atoms with E-state index in [1.807, 2.05) is 36.4 Å². The Kier molecular flexibility index (Phi) is 3.76. The summed E-state index contributed by atoms with van der Waals surface area (Å²) < 4.78 is 6.03. The number of aromatic nitrogens is 1. The molecule has 0 bridgehead atoms. The molecular weight excluding hydrogens is 280 g/mol. The van der Waals surface area contributed by atoms with Crippen LogP contribution in [0.4, 0.5) is 0 Å². The van der Waals surface area contributed by atoms with Gasteiger partial charge in [0.25, 0.3) is 0 Å². The number of hydrogen-bond donors (Lipinski definition) is 1. The Morgan fingerprint density at radius 2 is 1.94 bits per heavy atom. The summed E-state index contributed by atoms with van der Waals surface area (Å²) in [4.78, 5) is 4.29. The molecule has 17 heavy (non-hydrogen) atoms. The van der Waals surface area contributed by atoms with Crippen LogP contribution in [0.2, 0.25) is 0 Å². The highest BCUT2D eigenvalue weighted by Crippen LogP contribution is 2.25. The van der Waals surface area contributed by atoms with E-state index in [0.717, 1.165) is 21.5 Å². The van der Waals surface area contributed by atoms with Gasteiger partial charge < -0.3 is 10.5 Å². The van der Waals surface area contributed by atoms with Crippen molar-refractivity contribution >= 4 is 15.9 Å². The Labute approximate surface area is 109 Å². The number of rotatable bonds is 3. The highest BCUT2D eigenvalue weighted by atomic mass is 79.9. The van der Waals surface area contributed by atoms with Crippen molar-refractivity contribution in [2.75, 3.05) is 7.11 Å². The molecule has 0 radical (unpaired) electrons. The van der Waals surface area contributed by atoms with Crippen LogP contribution in [0.1, 0.15) is 17.3 Å². The average Bonchev–Trinajstić information content (AvgIpc) is 2.39. The summed E-state index contributed by atoms with van der Waals surface area (Å²) in [6.45, 7) is 0. The van der Waals surface area contributed by atoms with Crippen molar-refractivity contribution < 1.29 is 4.74 Å². The van der Waals surface area contributed by atoms with E-state index in [2.05, 4.69) is 20.9 Å². The number of hydrogen-bond acceptors (Lipinski definition) is 3. The molecule has 0 aliphatic heterocycles. The van der Waals surface area contributed by atoms with Crippen molar-refractivity contribution in [1.29, 1.82) is 0 Å². The Morgan fingerprint density at radius 3 is 2.53 bits per heavy atom. The molecule has 0 saturated heterocycles. The van der Waals surface area contributed by atoms with Gasteiger partial charge in [0.1, 0.15) is 5.75 Å². The van der Waals surface area contributed by atoms with Gasteiger partial charge >= 0.3 is 0 Å². The number of nitrogens with two attached hydrogens (primary N) is 1. The minimum absolute atomic E-state index is 0.239. The minimum atomic E-state index is -0.239. The van der Waals surface area contributed by atoms with Crippen LogP contribution >= 0.6 is 15.9 Å². The first-order chi connectivity index (χ1) is 8.22. The molecule has 0 amide bonds. The molecule has 1 unspecified atom stereocenters. The van der Waals surface area contributed by atoms with Crippen molar-refractivity contribution in [2.45, 2.75) is 6.04 Å². The van der Waals surface area contributed by atoms with Crippen molar-refractivity contribution in [3.63, 3.8) is 0 Å². The second kappa shape index (κ2) is 5.29. The van der Waals surface area contributed by atoms with Crippen molar-refractivity contribution in [2.24, 2.45) is 5.73 Å². The normalized spacial score (nSPS) is 12.2. The predicted molar refractivity (Wildman–Crippen MR) is 71.0 cm³/mol. The first kappa shape index (κ1) is 12.1. The van der Waals surface area contributed by atoms with E-state index in [4.69, 9.17) is 10.5 Å². The molecule has 0 fully saturated rings. The first-order valence-corrected chi connectivity index (χ1v) is 6.01. The van der Waals surface area contributed by atoms with Crippen LogP contribution in [0.3, 0.4) is 0 Å². The van der Waals surface area contributed by atoms with Crippen LogP contribution in [0, 0.1) is 0 Å². The van der Waals surface area contributed by atoms with Gasteiger partial charge in [0.2, 0.25) is 0 Å². The maximum absolute atomic E-state index is 6.18. The molecule has 4 heteroatoms. The smallest absolute Gasteiger partial charge is 0.118 e. The zero-order valence-corrected chi connectivity index (χ0v) is 11.0. The summed E-state index contributed by atoms with van der Waals surface area (Å²) in [6.07, 6.45) is 1.74. The molecule has 2 N–H and O–H groups in total. The van der Waals surface area contributed by atoms with Crippen molar-refractivity contribution in [3.05, 3.63) is 58.3 Å². The van der Waals surface area contributed by atoms with E-state index in [1.165, 1.54) is 0 Å². The van der Waals surface area contributed by atoms with Crippen LogP contribution in [-0.4, -0.2) is 12.1 Å². The van der Waals surface area contributed by atoms with Gasteiger partial charge in [-0.05, 0) is 45.8 Å². The molecule has 0 saturated carbocycles. The molecule has 1 aromatic heterocycles. The lowest BCUT2D eigenvalue weighted by atomic mass is 10.0. The Balaban J connectivity index is 2.30. The van der Waals surface area contributed by atoms with Crippen LogP contribution < -0.4 is 10.5 Å². The quantitative estimate of drug-likeness (QED) is 0.946. The van der Waals surface area contributed by atoms with E-state index >= 15 is 0 Å². The summed E-state index contributed by atoms with van der Waals surface area (Å²) in [6, 6.07) is 11.3. The summed E-state index contributed by atoms with van der Waals surface area (Å²) in [7, 11) is 1.64. The maximum atomic E-state index is 6.18. The SMILES string of the molecule is COc1ccc(C(N)c2ncccc2Br)cc1. The minimum Gasteiger partial charge on any atom is -0.497 e. The summed E-state index contributed by atoms with van der Waals surface area (Å²) in [5, 5.41) is 0. The maximum Gasteiger partial charge on any atom is 0.118 e. The number of pyridine rings is 1. The van der Waals surface area contributed by atoms with Gasteiger partial charge in [-0.2, -0.15) is 0 Å². The largest absolute Gasteiger partial charge is 0.497 e. The summed E-state index contributed by atoms with van der Waals surface area (Å²) in [5.74, 6) is 0.820. The van der Waals surface area contributed by atoms with Gasteiger partial charge in [-0.1, -0.05) is 12.1 Å². The predicted octanol–water partition coefficient (Wildman–Crippen LogP) is 2.90. The summed E-state index contributed by atoms with van der Waals surface area (Å²) in [5.41, 5.74) is 8.01. The molecule has 1 atom stereocenters. The van der Waals surface area contributed by atoms with Gasteiger partial charge in [-0.3, -0.25) is 4.98 Å². The third kappa shape index (κ3) is 2.65. The lowest BCUT2D eigenvalue weighted by molar-refractivity contribution is 0.414. The second-order valence-electron chi connectivity index (χ2n) is 3.62. The highest BCUT2D eigenvalue weighted by Gasteiger charge is 2.13. The molecule has 2 aromatic rings. The van der Waals surface area contributed by atoms with Gasteiger partial charge in [0.15, 0.2) is 0 Å². The van der Waals surface area contributed by atoms with Gasteiger partial charge in [-0.25, -0.2) is 0 Å². The van der Waals surface area contributed by atoms with Crippen LogP contribution in [0.25, 0.3) is 0 Å². The van der Waals surface area contributed by atoms with Crippen LogP contribution in [-0.2, 0) is 0 Å². The molecular formula is C13H13BrN2O. The van der Waals surface area contributed by atoms with Gasteiger partial charge in [0, 0.05) is 10.7 Å². The van der Waals surface area contributed by atoms with E-state index < -0.39 is 0 Å². The zero-order chi connectivity index (χ0) is 12.3. The third-order valence-electron chi connectivity index (χ3n) is 2.56. The van der Waals surface area contributed by atoms with E-state index in [9.17, 15) is 0 Å². The number of benzene rings is 1. The fraction of sp³-hybridized carbons (Fsp3) is 0.154. The Morgan fingerprint density at radius 1 is 1.24 bits per heavy atom. The monoisotopic (exact) mass is 292 g/mol. The van der Waals surface area contributed by atoms with Crippen LogP contribution in [0.15, 0.2) is 47.1 Å². The number of nitrogens with zero attached hydrogens (tertiary/aromatic N) is 1. The number of methoxy groups -OCH3 is 1. The first-order valence-electron chi connectivity index (χ1n) is 5.22. The second-order valence-corrected chi connectivity index (χ2v) is 4.48. The standard InChI is InChI=1S/C13H13BrN2O/c1-17-10-6-4-9(5-7-10)12(15)13-11(14)3-2-8-16-13/h2-8,12H,15H2,1H3. The van der Waals surface area contributed by atoms with Crippen molar-refractivity contribution in [1.82, 2.24) is 4.98 Å². The fourth-order valence-corrected chi connectivity index (χ4v) is 2.10. The Bertz CT molecular complexity index is 499. The summed E-state index contributed by atoms with van der Waals surface area (Å²) >= 11 is 3.46. The van der Waals surface area contributed by atoms with Gasteiger partial charge in [-0.15, -0.1) is 0 Å². The van der Waals surface area contributed by atoms with E-state index in [1.54, 1.807) is 13.3 Å². The topological polar surface area (TPSA) is 48.1 Å². The van der Waals surface area contributed by atoms with Gasteiger partial charge in [0.05, 0.1) is 18.8 Å². The number of ether oxygens (including phenoxy) is 1. The highest BCUT2D eigenvalue weighted by molar-refractivity contribution is 9.10. The molecule has 1 aromatic carbocycles. The molecule has 3 nitrogen and oxygen atoms in total.